The summed E-state index contributed by atoms with van der Waals surface area (Å²) in [6.45, 7) is 2.87. The fourth-order valence-electron chi connectivity index (χ4n) is 2.94. The van der Waals surface area contributed by atoms with E-state index in [1.165, 1.54) is 9.13 Å². The van der Waals surface area contributed by atoms with Gasteiger partial charge >= 0.3 is 0 Å². The molecule has 3 rings (SSSR count). The van der Waals surface area contributed by atoms with E-state index in [9.17, 15) is 4.79 Å². The van der Waals surface area contributed by atoms with Gasteiger partial charge in [0.1, 0.15) is 5.75 Å². The van der Waals surface area contributed by atoms with Crippen molar-refractivity contribution in [2.45, 2.75) is 32.1 Å². The van der Waals surface area contributed by atoms with Crippen LogP contribution < -0.4 is 10.1 Å². The van der Waals surface area contributed by atoms with E-state index < -0.39 is 0 Å². The highest BCUT2D eigenvalue weighted by atomic mass is 127. The molecular formula is C19H20INO2. The maximum atomic E-state index is 12.1. The summed E-state index contributed by atoms with van der Waals surface area (Å²) >= 11 is 2.31. The van der Waals surface area contributed by atoms with E-state index in [0.717, 1.165) is 29.8 Å². The molecule has 3 nitrogen and oxygen atoms in total. The van der Waals surface area contributed by atoms with Gasteiger partial charge in [-0.25, -0.2) is 0 Å². The standard InChI is InChI=1S/C19H20INO2/c1-2-3-10-23-18-7-5-4-6-14(18)15-12-19(22)21-17-9-8-13(20)11-16(15)17/h4-9,11,15H,2-3,10,12H2,1H3,(H,21,22). The lowest BCUT2D eigenvalue weighted by atomic mass is 9.84. The van der Waals surface area contributed by atoms with Crippen LogP contribution in [-0.2, 0) is 4.79 Å². The van der Waals surface area contributed by atoms with E-state index in [2.05, 4.69) is 47.0 Å². The molecule has 0 bridgehead atoms. The zero-order valence-electron chi connectivity index (χ0n) is 13.1. The van der Waals surface area contributed by atoms with Crippen molar-refractivity contribution in [3.8, 4) is 5.75 Å². The molecule has 1 atom stereocenters. The first-order valence-corrected chi connectivity index (χ1v) is 9.08. The molecule has 0 saturated carbocycles. The third kappa shape index (κ3) is 3.68. The van der Waals surface area contributed by atoms with Crippen LogP contribution in [0, 0.1) is 3.57 Å². The Kier molecular flexibility index (Phi) is 5.20. The molecule has 4 heteroatoms. The third-order valence-electron chi connectivity index (χ3n) is 4.10. The molecule has 0 saturated heterocycles. The van der Waals surface area contributed by atoms with Crippen molar-refractivity contribution in [2.75, 3.05) is 11.9 Å². The van der Waals surface area contributed by atoms with Crippen molar-refractivity contribution in [1.29, 1.82) is 0 Å². The normalized spacial score (nSPS) is 16.6. The van der Waals surface area contributed by atoms with E-state index in [1.54, 1.807) is 0 Å². The minimum Gasteiger partial charge on any atom is -0.493 e. The van der Waals surface area contributed by atoms with Crippen LogP contribution in [-0.4, -0.2) is 12.5 Å². The molecule has 1 aliphatic heterocycles. The van der Waals surface area contributed by atoms with Crippen LogP contribution >= 0.6 is 22.6 Å². The third-order valence-corrected chi connectivity index (χ3v) is 4.77. The average Bonchev–Trinajstić information content (AvgIpc) is 2.55. The Balaban J connectivity index is 1.99. The molecule has 1 N–H and O–H groups in total. The summed E-state index contributed by atoms with van der Waals surface area (Å²) in [6.07, 6.45) is 2.60. The lowest BCUT2D eigenvalue weighted by Crippen LogP contribution is -2.24. The summed E-state index contributed by atoms with van der Waals surface area (Å²) in [4.78, 5) is 12.1. The molecule has 1 amide bonds. The monoisotopic (exact) mass is 421 g/mol. The number of halogens is 1. The van der Waals surface area contributed by atoms with Crippen molar-refractivity contribution < 1.29 is 9.53 Å². The zero-order valence-corrected chi connectivity index (χ0v) is 15.3. The predicted octanol–water partition coefficient (Wildman–Crippen LogP) is 4.94. The number of ether oxygens (including phenoxy) is 1. The van der Waals surface area contributed by atoms with E-state index in [1.807, 2.05) is 30.3 Å². The molecule has 0 radical (unpaired) electrons. The molecule has 0 aromatic heterocycles. The average molecular weight is 421 g/mol. The molecule has 2 aromatic carbocycles. The Morgan fingerprint density at radius 1 is 1.22 bits per heavy atom. The Bertz CT molecular complexity index is 714. The molecule has 0 fully saturated rings. The van der Waals surface area contributed by atoms with Crippen molar-refractivity contribution >= 4 is 34.2 Å². The second kappa shape index (κ2) is 7.34. The maximum absolute atomic E-state index is 12.1. The number of hydrogen-bond donors (Lipinski definition) is 1. The number of carbonyl (C=O) groups excluding carboxylic acids is 1. The van der Waals surface area contributed by atoms with Crippen LogP contribution in [0.25, 0.3) is 0 Å². The van der Waals surface area contributed by atoms with Crippen LogP contribution in [0.3, 0.4) is 0 Å². The molecule has 0 spiro atoms. The topological polar surface area (TPSA) is 38.3 Å². The highest BCUT2D eigenvalue weighted by Gasteiger charge is 2.28. The smallest absolute Gasteiger partial charge is 0.225 e. The molecule has 23 heavy (non-hydrogen) atoms. The van der Waals surface area contributed by atoms with E-state index in [4.69, 9.17) is 4.74 Å². The molecule has 1 unspecified atom stereocenters. The van der Waals surface area contributed by atoms with Crippen LogP contribution in [0.5, 0.6) is 5.75 Å². The SMILES string of the molecule is CCCCOc1ccccc1C1CC(=O)Nc2ccc(I)cc21. The van der Waals surface area contributed by atoms with E-state index in [0.29, 0.717) is 13.0 Å². The summed E-state index contributed by atoms with van der Waals surface area (Å²) in [6, 6.07) is 14.3. The number of fused-ring (bicyclic) bond motifs is 1. The van der Waals surface area contributed by atoms with Crippen LogP contribution in [0.2, 0.25) is 0 Å². The van der Waals surface area contributed by atoms with Gasteiger partial charge in [0.2, 0.25) is 5.91 Å². The minimum atomic E-state index is 0.0475. The van der Waals surface area contributed by atoms with Gasteiger partial charge in [-0.1, -0.05) is 31.5 Å². The number of rotatable bonds is 5. The van der Waals surface area contributed by atoms with Gasteiger partial charge in [-0.05, 0) is 58.8 Å². The number of nitrogens with one attached hydrogen (secondary N) is 1. The number of anilines is 1. The number of benzene rings is 2. The predicted molar refractivity (Wildman–Crippen MR) is 101 cm³/mol. The summed E-state index contributed by atoms with van der Waals surface area (Å²) < 4.78 is 7.15. The zero-order chi connectivity index (χ0) is 16.2. The van der Waals surface area contributed by atoms with Crippen LogP contribution in [0.15, 0.2) is 42.5 Å². The highest BCUT2D eigenvalue weighted by molar-refractivity contribution is 14.1. The first-order valence-electron chi connectivity index (χ1n) is 8.00. The van der Waals surface area contributed by atoms with Crippen LogP contribution in [0.1, 0.15) is 43.2 Å². The lowest BCUT2D eigenvalue weighted by molar-refractivity contribution is -0.116. The largest absolute Gasteiger partial charge is 0.493 e. The Labute approximate surface area is 150 Å². The van der Waals surface area contributed by atoms with Crippen LogP contribution in [0.4, 0.5) is 5.69 Å². The molecule has 1 aliphatic rings. The van der Waals surface area contributed by atoms with Crippen molar-refractivity contribution in [3.05, 3.63) is 57.2 Å². The molecule has 0 aliphatic carbocycles. The fourth-order valence-corrected chi connectivity index (χ4v) is 3.45. The van der Waals surface area contributed by atoms with Gasteiger partial charge in [0, 0.05) is 27.2 Å². The van der Waals surface area contributed by atoms with Crippen molar-refractivity contribution in [3.63, 3.8) is 0 Å². The quantitative estimate of drug-likeness (QED) is 0.549. The molecule has 2 aromatic rings. The molecule has 120 valence electrons. The van der Waals surface area contributed by atoms with Crippen molar-refractivity contribution in [2.24, 2.45) is 0 Å². The second-order valence-electron chi connectivity index (χ2n) is 5.78. The van der Waals surface area contributed by atoms with Gasteiger partial charge in [-0.2, -0.15) is 0 Å². The molecule has 1 heterocycles. The highest BCUT2D eigenvalue weighted by Crippen LogP contribution is 2.41. The summed E-state index contributed by atoms with van der Waals surface area (Å²) in [7, 11) is 0. The maximum Gasteiger partial charge on any atom is 0.225 e. The Morgan fingerprint density at radius 3 is 2.87 bits per heavy atom. The van der Waals surface area contributed by atoms with Crippen molar-refractivity contribution in [1.82, 2.24) is 0 Å². The number of amides is 1. The summed E-state index contributed by atoms with van der Waals surface area (Å²) in [5, 5.41) is 2.98. The number of hydrogen-bond acceptors (Lipinski definition) is 2. The van der Waals surface area contributed by atoms with Gasteiger partial charge < -0.3 is 10.1 Å². The number of carbonyl (C=O) groups is 1. The minimum absolute atomic E-state index is 0.0475. The fraction of sp³-hybridized carbons (Fsp3) is 0.316. The van der Waals surface area contributed by atoms with E-state index >= 15 is 0 Å². The number of para-hydroxylation sites is 1. The molecular weight excluding hydrogens is 401 g/mol. The Morgan fingerprint density at radius 2 is 2.04 bits per heavy atom. The van der Waals surface area contributed by atoms with Gasteiger partial charge in [0.25, 0.3) is 0 Å². The number of unbranched alkanes of at least 4 members (excludes halogenated alkanes) is 1. The Hall–Kier alpha value is -1.56. The summed E-state index contributed by atoms with van der Waals surface area (Å²) in [5.41, 5.74) is 3.18. The first kappa shape index (κ1) is 16.3. The lowest BCUT2D eigenvalue weighted by Gasteiger charge is -2.27. The van der Waals surface area contributed by atoms with E-state index in [-0.39, 0.29) is 11.8 Å². The van der Waals surface area contributed by atoms with Gasteiger partial charge in [-0.15, -0.1) is 0 Å². The van der Waals surface area contributed by atoms with Gasteiger partial charge in [0.05, 0.1) is 6.61 Å². The van der Waals surface area contributed by atoms with Gasteiger partial charge in [0.15, 0.2) is 0 Å². The van der Waals surface area contributed by atoms with Gasteiger partial charge in [-0.3, -0.25) is 4.79 Å². The summed E-state index contributed by atoms with van der Waals surface area (Å²) in [5.74, 6) is 1.00. The first-order chi connectivity index (χ1) is 11.2. The second-order valence-corrected chi connectivity index (χ2v) is 7.02.